The molecule has 2 nitrogen and oxygen atoms in total. The first-order chi connectivity index (χ1) is 9.08. The van der Waals surface area contributed by atoms with Crippen molar-refractivity contribution in [2.75, 3.05) is 19.6 Å². The van der Waals surface area contributed by atoms with Gasteiger partial charge in [-0.25, -0.2) is 4.39 Å². The molecule has 0 bridgehead atoms. The lowest BCUT2D eigenvalue weighted by Crippen LogP contribution is -2.39. The van der Waals surface area contributed by atoms with E-state index in [-0.39, 0.29) is 11.9 Å². The molecule has 1 aromatic carbocycles. The summed E-state index contributed by atoms with van der Waals surface area (Å²) >= 11 is 3.24. The fraction of sp³-hybridized carbons (Fsp3) is 0.600. The average molecular weight is 329 g/mol. The summed E-state index contributed by atoms with van der Waals surface area (Å²) < 4.78 is 13.7. The van der Waals surface area contributed by atoms with E-state index in [0.29, 0.717) is 10.5 Å². The molecule has 0 aliphatic carbocycles. The molecule has 19 heavy (non-hydrogen) atoms. The van der Waals surface area contributed by atoms with Crippen molar-refractivity contribution >= 4 is 15.9 Å². The fourth-order valence-corrected chi connectivity index (χ4v) is 2.95. The normalized spacial score (nSPS) is 19.6. The van der Waals surface area contributed by atoms with Crippen molar-refractivity contribution in [2.24, 2.45) is 0 Å². The Hall–Kier alpha value is -0.450. The second kappa shape index (κ2) is 6.82. The molecule has 0 spiro atoms. The van der Waals surface area contributed by atoms with Crippen molar-refractivity contribution in [2.45, 2.75) is 38.8 Å². The third-order valence-electron chi connectivity index (χ3n) is 3.93. The summed E-state index contributed by atoms with van der Waals surface area (Å²) in [6.07, 6.45) is 2.65. The highest BCUT2D eigenvalue weighted by atomic mass is 79.9. The molecule has 1 N–H and O–H groups in total. The van der Waals surface area contributed by atoms with E-state index in [2.05, 4.69) is 40.0 Å². The second-order valence-electron chi connectivity index (χ2n) is 5.40. The van der Waals surface area contributed by atoms with Crippen LogP contribution in [-0.4, -0.2) is 30.6 Å². The van der Waals surface area contributed by atoms with Gasteiger partial charge in [-0.3, -0.25) is 4.90 Å². The zero-order chi connectivity index (χ0) is 13.8. The van der Waals surface area contributed by atoms with Crippen LogP contribution in [0.3, 0.4) is 0 Å². The molecule has 2 unspecified atom stereocenters. The Kier molecular flexibility index (Phi) is 5.37. The van der Waals surface area contributed by atoms with Crippen molar-refractivity contribution in [3.8, 4) is 0 Å². The highest BCUT2D eigenvalue weighted by Gasteiger charge is 2.18. The lowest BCUT2D eigenvalue weighted by molar-refractivity contribution is 0.247. The third kappa shape index (κ3) is 4.01. The summed E-state index contributed by atoms with van der Waals surface area (Å²) in [5.74, 6) is -0.207. The maximum Gasteiger partial charge on any atom is 0.137 e. The maximum atomic E-state index is 13.2. The van der Waals surface area contributed by atoms with Crippen LogP contribution in [0.15, 0.2) is 22.7 Å². The molecule has 0 aromatic heterocycles. The smallest absolute Gasteiger partial charge is 0.137 e. The lowest BCUT2D eigenvalue weighted by atomic mass is 10.1. The molecular formula is C15H22BrFN2. The van der Waals surface area contributed by atoms with Gasteiger partial charge in [0.15, 0.2) is 0 Å². The molecule has 4 heteroatoms. The Balaban J connectivity index is 1.86. The predicted molar refractivity (Wildman–Crippen MR) is 80.8 cm³/mol. The van der Waals surface area contributed by atoms with Crippen LogP contribution >= 0.6 is 15.9 Å². The number of hydrogen-bond acceptors (Lipinski definition) is 2. The molecule has 2 atom stereocenters. The van der Waals surface area contributed by atoms with Gasteiger partial charge in [-0.2, -0.15) is 0 Å². The molecule has 1 aromatic rings. The number of rotatable bonds is 5. The van der Waals surface area contributed by atoms with Crippen LogP contribution in [0.1, 0.15) is 38.3 Å². The van der Waals surface area contributed by atoms with Gasteiger partial charge in [-0.05, 0) is 73.4 Å². The largest absolute Gasteiger partial charge is 0.309 e. The summed E-state index contributed by atoms with van der Waals surface area (Å²) in [6, 6.07) is 6.02. The molecule has 0 radical (unpaired) electrons. The van der Waals surface area contributed by atoms with E-state index in [0.717, 1.165) is 12.1 Å². The monoisotopic (exact) mass is 328 g/mol. The Morgan fingerprint density at radius 1 is 1.32 bits per heavy atom. The van der Waals surface area contributed by atoms with E-state index in [1.807, 2.05) is 12.1 Å². The van der Waals surface area contributed by atoms with E-state index < -0.39 is 0 Å². The van der Waals surface area contributed by atoms with E-state index in [1.165, 1.54) is 32.0 Å². The molecule has 1 aliphatic rings. The highest BCUT2D eigenvalue weighted by Crippen LogP contribution is 2.21. The highest BCUT2D eigenvalue weighted by molar-refractivity contribution is 9.10. The lowest BCUT2D eigenvalue weighted by Gasteiger charge is -2.26. The average Bonchev–Trinajstić information content (AvgIpc) is 2.92. The van der Waals surface area contributed by atoms with Crippen LogP contribution in [0.5, 0.6) is 0 Å². The van der Waals surface area contributed by atoms with Crippen LogP contribution in [0.4, 0.5) is 4.39 Å². The van der Waals surface area contributed by atoms with Gasteiger partial charge < -0.3 is 5.32 Å². The van der Waals surface area contributed by atoms with Gasteiger partial charge in [0.25, 0.3) is 0 Å². The molecule has 106 valence electrons. The van der Waals surface area contributed by atoms with Gasteiger partial charge in [0, 0.05) is 18.6 Å². The van der Waals surface area contributed by atoms with E-state index in [4.69, 9.17) is 0 Å². The van der Waals surface area contributed by atoms with Gasteiger partial charge in [0.1, 0.15) is 5.82 Å². The Morgan fingerprint density at radius 3 is 2.63 bits per heavy atom. The topological polar surface area (TPSA) is 15.3 Å². The first-order valence-corrected chi connectivity index (χ1v) is 7.79. The number of benzene rings is 1. The van der Waals surface area contributed by atoms with Gasteiger partial charge in [-0.1, -0.05) is 6.07 Å². The van der Waals surface area contributed by atoms with Crippen molar-refractivity contribution in [3.63, 3.8) is 0 Å². The van der Waals surface area contributed by atoms with Crippen LogP contribution in [0, 0.1) is 5.82 Å². The minimum Gasteiger partial charge on any atom is -0.309 e. The summed E-state index contributed by atoms with van der Waals surface area (Å²) in [7, 11) is 0. The molecule has 0 saturated carbocycles. The summed E-state index contributed by atoms with van der Waals surface area (Å²) in [4.78, 5) is 2.53. The number of halogens is 2. The minimum atomic E-state index is -0.207. The summed E-state index contributed by atoms with van der Waals surface area (Å²) in [5, 5.41) is 3.54. The first-order valence-electron chi connectivity index (χ1n) is 7.00. The van der Waals surface area contributed by atoms with Gasteiger partial charge in [-0.15, -0.1) is 0 Å². The quantitative estimate of drug-likeness (QED) is 0.886. The Morgan fingerprint density at radius 2 is 2.00 bits per heavy atom. The maximum absolute atomic E-state index is 13.2. The zero-order valence-corrected chi connectivity index (χ0v) is 13.2. The van der Waals surface area contributed by atoms with Crippen molar-refractivity contribution in [3.05, 3.63) is 34.1 Å². The zero-order valence-electron chi connectivity index (χ0n) is 11.6. The van der Waals surface area contributed by atoms with Gasteiger partial charge in [0.05, 0.1) is 4.47 Å². The van der Waals surface area contributed by atoms with Crippen LogP contribution in [0.25, 0.3) is 0 Å². The molecule has 1 aliphatic heterocycles. The molecule has 2 rings (SSSR count). The molecule has 0 amide bonds. The standard InChI is InChI=1S/C15H22BrFN2/c1-11(19-7-3-4-8-19)10-18-12(2)13-5-6-15(17)14(16)9-13/h5-6,9,11-12,18H,3-4,7-8,10H2,1-2H3. The third-order valence-corrected chi connectivity index (χ3v) is 4.53. The van der Waals surface area contributed by atoms with Crippen LogP contribution in [-0.2, 0) is 0 Å². The van der Waals surface area contributed by atoms with Crippen LogP contribution < -0.4 is 5.32 Å². The number of likely N-dealkylation sites (tertiary alicyclic amines) is 1. The first kappa shape index (κ1) is 14.9. The van der Waals surface area contributed by atoms with E-state index in [1.54, 1.807) is 0 Å². The molecule has 1 fully saturated rings. The Labute approximate surface area is 123 Å². The van der Waals surface area contributed by atoms with Crippen molar-refractivity contribution in [1.29, 1.82) is 0 Å². The number of nitrogens with zero attached hydrogens (tertiary/aromatic N) is 1. The van der Waals surface area contributed by atoms with Gasteiger partial charge in [0.2, 0.25) is 0 Å². The van der Waals surface area contributed by atoms with E-state index >= 15 is 0 Å². The Bertz CT molecular complexity index is 419. The van der Waals surface area contributed by atoms with Gasteiger partial charge >= 0.3 is 0 Å². The SMILES string of the molecule is CC(NCC(C)N1CCCC1)c1ccc(F)c(Br)c1. The fourth-order valence-electron chi connectivity index (χ4n) is 2.56. The molecule has 1 heterocycles. The number of hydrogen-bond donors (Lipinski definition) is 1. The van der Waals surface area contributed by atoms with Crippen molar-refractivity contribution in [1.82, 2.24) is 10.2 Å². The van der Waals surface area contributed by atoms with Crippen molar-refractivity contribution < 1.29 is 4.39 Å². The van der Waals surface area contributed by atoms with E-state index in [9.17, 15) is 4.39 Å². The summed E-state index contributed by atoms with van der Waals surface area (Å²) in [5.41, 5.74) is 1.11. The molecular weight excluding hydrogens is 307 g/mol. The molecule has 1 saturated heterocycles. The predicted octanol–water partition coefficient (Wildman–Crippen LogP) is 3.72. The van der Waals surface area contributed by atoms with Crippen LogP contribution in [0.2, 0.25) is 0 Å². The number of nitrogens with one attached hydrogen (secondary N) is 1. The second-order valence-corrected chi connectivity index (χ2v) is 6.25. The minimum absolute atomic E-state index is 0.207. The summed E-state index contributed by atoms with van der Waals surface area (Å²) in [6.45, 7) is 7.80.